The summed E-state index contributed by atoms with van der Waals surface area (Å²) < 4.78 is 6.03. The highest BCUT2D eigenvalue weighted by atomic mass is 79.9. The lowest BCUT2D eigenvalue weighted by atomic mass is 9.80. The van der Waals surface area contributed by atoms with Crippen LogP contribution in [-0.2, 0) is 0 Å². The molecule has 154 valence electrons. The van der Waals surface area contributed by atoms with E-state index in [1.54, 1.807) is 18.3 Å². The van der Waals surface area contributed by atoms with Crippen LogP contribution in [0.25, 0.3) is 0 Å². The number of hydrazone groups is 1. The molecule has 1 heterocycles. The number of benzene rings is 2. The first-order chi connectivity index (χ1) is 13.6. The van der Waals surface area contributed by atoms with Crippen LogP contribution < -0.4 is 15.1 Å². The van der Waals surface area contributed by atoms with Gasteiger partial charge in [-0.15, -0.1) is 0 Å². The number of carbonyl (C=O) groups is 1. The predicted molar refractivity (Wildman–Crippen MR) is 123 cm³/mol. The molecule has 2 aromatic rings. The van der Waals surface area contributed by atoms with E-state index >= 15 is 0 Å². The van der Waals surface area contributed by atoms with Gasteiger partial charge < -0.3 is 9.64 Å². The summed E-state index contributed by atoms with van der Waals surface area (Å²) in [6.07, 6.45) is 2.63. The Hall–Kier alpha value is -2.05. The van der Waals surface area contributed by atoms with Gasteiger partial charge in [0.05, 0.1) is 23.9 Å². The molecule has 0 spiro atoms. The van der Waals surface area contributed by atoms with Crippen LogP contribution in [-0.4, -0.2) is 31.8 Å². The predicted octanol–water partition coefficient (Wildman–Crippen LogP) is 5.60. The number of hydrogen-bond acceptors (Lipinski definition) is 4. The molecule has 5 nitrogen and oxygen atoms in total. The zero-order valence-electron chi connectivity index (χ0n) is 17.2. The monoisotopic (exact) mass is 477 g/mol. The second kappa shape index (κ2) is 8.36. The van der Waals surface area contributed by atoms with Crippen molar-refractivity contribution in [3.8, 4) is 5.75 Å². The third-order valence-electron chi connectivity index (χ3n) is 5.53. The van der Waals surface area contributed by atoms with Crippen LogP contribution in [0.5, 0.6) is 5.75 Å². The van der Waals surface area contributed by atoms with Crippen molar-refractivity contribution in [1.82, 2.24) is 5.43 Å². The summed E-state index contributed by atoms with van der Waals surface area (Å²) in [5.41, 5.74) is 6.16. The van der Waals surface area contributed by atoms with Gasteiger partial charge in [0.1, 0.15) is 5.75 Å². The minimum absolute atomic E-state index is 0.0718. The maximum Gasteiger partial charge on any atom is 0.275 e. The summed E-state index contributed by atoms with van der Waals surface area (Å²) in [5.74, 6) is 0.525. The van der Waals surface area contributed by atoms with Crippen LogP contribution in [0, 0.1) is 0 Å². The fourth-order valence-corrected chi connectivity index (χ4v) is 4.35. The summed E-state index contributed by atoms with van der Waals surface area (Å²) in [6, 6.07) is 9.26. The zero-order valence-corrected chi connectivity index (χ0v) is 19.6. The van der Waals surface area contributed by atoms with Crippen molar-refractivity contribution >= 4 is 45.3 Å². The quantitative estimate of drug-likeness (QED) is 0.460. The van der Waals surface area contributed by atoms with Crippen molar-refractivity contribution in [1.29, 1.82) is 0 Å². The Morgan fingerprint density at radius 3 is 2.79 bits per heavy atom. The van der Waals surface area contributed by atoms with Gasteiger partial charge in [-0.05, 0) is 62.1 Å². The van der Waals surface area contributed by atoms with Crippen molar-refractivity contribution < 1.29 is 9.53 Å². The lowest BCUT2D eigenvalue weighted by molar-refractivity contribution is 0.0952. The number of hydrogen-bond donors (Lipinski definition) is 1. The lowest BCUT2D eigenvalue weighted by Crippen LogP contribution is -2.45. The average molecular weight is 479 g/mol. The molecule has 3 rings (SSSR count). The fourth-order valence-electron chi connectivity index (χ4n) is 3.78. The summed E-state index contributed by atoms with van der Waals surface area (Å²) in [4.78, 5) is 14.8. The number of rotatable bonds is 4. The van der Waals surface area contributed by atoms with E-state index in [0.717, 1.165) is 22.1 Å². The Morgan fingerprint density at radius 1 is 1.38 bits per heavy atom. The summed E-state index contributed by atoms with van der Waals surface area (Å²) in [5, 5.41) is 4.71. The topological polar surface area (TPSA) is 53.9 Å². The Morgan fingerprint density at radius 2 is 2.10 bits per heavy atom. The molecular formula is C22H25BrClN3O2. The van der Waals surface area contributed by atoms with Gasteiger partial charge >= 0.3 is 0 Å². The number of fused-ring (bicyclic) bond motifs is 1. The number of halogens is 2. The van der Waals surface area contributed by atoms with E-state index in [-0.39, 0.29) is 11.4 Å². The number of amides is 1. The van der Waals surface area contributed by atoms with Crippen LogP contribution in [0.4, 0.5) is 5.69 Å². The SMILES string of the molecule is COc1ccc(Br)cc1C(=O)N/N=C/c1cc2c(cc1Cl)N(C)C(C)(C)CC2C. The van der Waals surface area contributed by atoms with Crippen molar-refractivity contribution in [3.63, 3.8) is 0 Å². The van der Waals surface area contributed by atoms with Crippen LogP contribution in [0.15, 0.2) is 39.9 Å². The van der Waals surface area contributed by atoms with E-state index in [1.165, 1.54) is 12.7 Å². The molecule has 2 aromatic carbocycles. The second-order valence-corrected chi connectivity index (χ2v) is 9.28. The molecule has 0 saturated heterocycles. The first-order valence-corrected chi connectivity index (χ1v) is 10.6. The average Bonchev–Trinajstić information content (AvgIpc) is 2.66. The molecule has 0 aromatic heterocycles. The molecule has 0 saturated carbocycles. The molecule has 1 N–H and O–H groups in total. The number of carbonyl (C=O) groups excluding carboxylic acids is 1. The minimum Gasteiger partial charge on any atom is -0.496 e. The number of ether oxygens (including phenoxy) is 1. The Bertz CT molecular complexity index is 975. The highest BCUT2D eigenvalue weighted by Crippen LogP contribution is 2.44. The maximum atomic E-state index is 12.5. The molecule has 0 radical (unpaired) electrons. The van der Waals surface area contributed by atoms with Gasteiger partial charge in [-0.25, -0.2) is 5.43 Å². The Kier molecular flexibility index (Phi) is 6.24. The number of methoxy groups -OCH3 is 1. The molecule has 1 aliphatic heterocycles. The maximum absolute atomic E-state index is 12.5. The second-order valence-electron chi connectivity index (χ2n) is 7.95. The van der Waals surface area contributed by atoms with Crippen LogP contribution in [0.2, 0.25) is 5.02 Å². The smallest absolute Gasteiger partial charge is 0.275 e. The van der Waals surface area contributed by atoms with Crippen LogP contribution >= 0.6 is 27.5 Å². The van der Waals surface area contributed by atoms with Gasteiger partial charge in [-0.1, -0.05) is 34.5 Å². The molecular weight excluding hydrogens is 454 g/mol. The van der Waals surface area contributed by atoms with Gasteiger partial charge in [-0.3, -0.25) is 4.79 Å². The molecule has 0 fully saturated rings. The van der Waals surface area contributed by atoms with Crippen LogP contribution in [0.1, 0.15) is 54.6 Å². The Labute approximate surface area is 185 Å². The zero-order chi connectivity index (χ0) is 21.3. The molecule has 1 unspecified atom stereocenters. The number of anilines is 1. The van der Waals surface area contributed by atoms with Gasteiger partial charge in [0.25, 0.3) is 5.91 Å². The van der Waals surface area contributed by atoms with Crippen LogP contribution in [0.3, 0.4) is 0 Å². The highest BCUT2D eigenvalue weighted by molar-refractivity contribution is 9.10. The molecule has 1 amide bonds. The van der Waals surface area contributed by atoms with Crippen molar-refractivity contribution in [2.24, 2.45) is 5.10 Å². The van der Waals surface area contributed by atoms with Gasteiger partial charge in [0.15, 0.2) is 0 Å². The summed E-state index contributed by atoms with van der Waals surface area (Å²) in [7, 11) is 3.62. The third kappa shape index (κ3) is 4.43. The fraction of sp³-hybridized carbons (Fsp3) is 0.364. The third-order valence-corrected chi connectivity index (χ3v) is 6.35. The van der Waals surface area contributed by atoms with Crippen molar-refractivity contribution in [3.05, 3.63) is 56.5 Å². The largest absolute Gasteiger partial charge is 0.496 e. The van der Waals surface area contributed by atoms with E-state index in [2.05, 4.69) is 65.2 Å². The first kappa shape index (κ1) is 21.7. The van der Waals surface area contributed by atoms with E-state index in [1.807, 2.05) is 12.1 Å². The molecule has 0 aliphatic carbocycles. The standard InChI is InChI=1S/C22H25BrClN3O2/c1-13-11-22(2,3)27(4)19-10-18(24)14(8-16(13)19)12-25-26-21(28)17-9-15(23)6-7-20(17)29-5/h6-10,12-13H,11H2,1-5H3,(H,26,28)/b25-12+. The van der Waals surface area contributed by atoms with E-state index in [9.17, 15) is 4.79 Å². The van der Waals surface area contributed by atoms with Gasteiger partial charge in [0, 0.05) is 28.3 Å². The molecule has 1 atom stereocenters. The van der Waals surface area contributed by atoms with Crippen molar-refractivity contribution in [2.75, 3.05) is 19.1 Å². The number of nitrogens with one attached hydrogen (secondary N) is 1. The molecule has 7 heteroatoms. The molecule has 1 aliphatic rings. The minimum atomic E-state index is -0.358. The molecule has 0 bridgehead atoms. The van der Waals surface area contributed by atoms with E-state index in [4.69, 9.17) is 16.3 Å². The number of nitrogens with zero attached hydrogens (tertiary/aromatic N) is 2. The highest BCUT2D eigenvalue weighted by Gasteiger charge is 2.34. The summed E-state index contributed by atoms with van der Waals surface area (Å²) >= 11 is 9.88. The van der Waals surface area contributed by atoms with Gasteiger partial charge in [0.2, 0.25) is 0 Å². The normalized spacial score (nSPS) is 17.9. The molecule has 29 heavy (non-hydrogen) atoms. The van der Waals surface area contributed by atoms with Crippen molar-refractivity contribution in [2.45, 2.75) is 38.6 Å². The first-order valence-electron chi connectivity index (χ1n) is 9.38. The lowest BCUT2D eigenvalue weighted by Gasteiger charge is -2.45. The van der Waals surface area contributed by atoms with Gasteiger partial charge in [-0.2, -0.15) is 5.10 Å². The van der Waals surface area contributed by atoms with E-state index < -0.39 is 0 Å². The summed E-state index contributed by atoms with van der Waals surface area (Å²) in [6.45, 7) is 6.70. The Balaban J connectivity index is 1.83. The van der Waals surface area contributed by atoms with E-state index in [0.29, 0.717) is 22.3 Å².